The lowest BCUT2D eigenvalue weighted by Crippen LogP contribution is -2.49. The van der Waals surface area contributed by atoms with E-state index in [9.17, 15) is 13.2 Å². The van der Waals surface area contributed by atoms with E-state index in [-0.39, 0.29) is 22.7 Å². The van der Waals surface area contributed by atoms with Crippen LogP contribution in [0.25, 0.3) is 0 Å². The Kier molecular flexibility index (Phi) is 4.90. The fourth-order valence-corrected chi connectivity index (χ4v) is 5.54. The number of sulfone groups is 1. The molecule has 1 N–H and O–H groups in total. The summed E-state index contributed by atoms with van der Waals surface area (Å²) in [4.78, 5) is 13.1. The van der Waals surface area contributed by atoms with Crippen LogP contribution in [0.5, 0.6) is 0 Å². The van der Waals surface area contributed by atoms with Crippen LogP contribution in [0.1, 0.15) is 20.3 Å². The third kappa shape index (κ3) is 4.37. The molecule has 0 saturated carbocycles. The Balaban J connectivity index is 1.99. The molecule has 0 spiro atoms. The first-order valence-corrected chi connectivity index (χ1v) is 9.72. The minimum atomic E-state index is -3.03. The van der Waals surface area contributed by atoms with Gasteiger partial charge in [-0.1, -0.05) is 23.7 Å². The largest absolute Gasteiger partial charge is 0.349 e. The summed E-state index contributed by atoms with van der Waals surface area (Å²) < 4.78 is 23.1. The van der Waals surface area contributed by atoms with Crippen molar-refractivity contribution in [1.29, 1.82) is 0 Å². The van der Waals surface area contributed by atoms with E-state index in [1.54, 1.807) is 19.9 Å². The molecular weight excluding hydrogens is 330 g/mol. The fraction of sp³-hybridized carbons (Fsp3) is 0.500. The monoisotopic (exact) mass is 347 g/mol. The van der Waals surface area contributed by atoms with Gasteiger partial charge in [0.2, 0.25) is 5.91 Å². The highest BCUT2D eigenvalue weighted by molar-refractivity contribution is 8.00. The molecule has 1 aliphatic rings. The van der Waals surface area contributed by atoms with E-state index in [1.807, 2.05) is 18.2 Å². The number of nitrogens with one attached hydrogen (secondary N) is 1. The maximum Gasteiger partial charge on any atom is 0.233 e. The Morgan fingerprint density at radius 3 is 2.67 bits per heavy atom. The molecular formula is C14H18ClNO3S2. The summed E-state index contributed by atoms with van der Waals surface area (Å²) in [6, 6.07) is 7.34. The van der Waals surface area contributed by atoms with Crippen LogP contribution in [0.3, 0.4) is 0 Å². The second kappa shape index (κ2) is 6.18. The maximum atomic E-state index is 12.3. The summed E-state index contributed by atoms with van der Waals surface area (Å²) in [7, 11) is -3.03. The molecule has 21 heavy (non-hydrogen) atoms. The molecule has 1 heterocycles. The molecule has 2 rings (SSSR count). The van der Waals surface area contributed by atoms with Crippen LogP contribution in [0.4, 0.5) is 0 Å². The lowest BCUT2D eigenvalue weighted by Gasteiger charge is -2.25. The van der Waals surface area contributed by atoms with Crippen molar-refractivity contribution in [2.75, 3.05) is 11.5 Å². The van der Waals surface area contributed by atoms with Crippen LogP contribution in [0.2, 0.25) is 5.02 Å². The van der Waals surface area contributed by atoms with Crippen molar-refractivity contribution in [1.82, 2.24) is 5.32 Å². The van der Waals surface area contributed by atoms with Gasteiger partial charge in [-0.3, -0.25) is 4.79 Å². The Hall–Kier alpha value is -0.720. The Morgan fingerprint density at radius 1 is 1.43 bits per heavy atom. The normalized spacial score (nSPS) is 25.5. The first-order chi connectivity index (χ1) is 9.71. The summed E-state index contributed by atoms with van der Waals surface area (Å²) in [6.07, 6.45) is 0.463. The van der Waals surface area contributed by atoms with Gasteiger partial charge in [-0.25, -0.2) is 8.42 Å². The second-order valence-electron chi connectivity index (χ2n) is 5.58. The van der Waals surface area contributed by atoms with Crippen LogP contribution >= 0.6 is 23.4 Å². The molecule has 2 unspecified atom stereocenters. The number of rotatable bonds is 4. The van der Waals surface area contributed by atoms with Crippen LogP contribution < -0.4 is 5.32 Å². The molecule has 0 aromatic heterocycles. The van der Waals surface area contributed by atoms with Gasteiger partial charge in [0, 0.05) is 4.90 Å². The Labute approximate surface area is 134 Å². The lowest BCUT2D eigenvalue weighted by atomic mass is 10.0. The Bertz CT molecular complexity index is 647. The van der Waals surface area contributed by atoms with Crippen molar-refractivity contribution in [2.24, 2.45) is 0 Å². The molecule has 116 valence electrons. The van der Waals surface area contributed by atoms with Gasteiger partial charge in [0.05, 0.1) is 27.3 Å². The number of carbonyl (C=O) groups excluding carboxylic acids is 1. The van der Waals surface area contributed by atoms with Crippen molar-refractivity contribution in [3.63, 3.8) is 0 Å². The van der Waals surface area contributed by atoms with Gasteiger partial charge in [0.25, 0.3) is 0 Å². The lowest BCUT2D eigenvalue weighted by molar-refractivity contribution is -0.121. The first-order valence-electron chi connectivity index (χ1n) is 6.64. The Morgan fingerprint density at radius 2 is 2.10 bits per heavy atom. The van der Waals surface area contributed by atoms with Gasteiger partial charge in [-0.2, -0.15) is 0 Å². The van der Waals surface area contributed by atoms with Gasteiger partial charge in [0.15, 0.2) is 9.84 Å². The van der Waals surface area contributed by atoms with E-state index in [0.717, 1.165) is 4.90 Å². The average molecular weight is 348 g/mol. The molecule has 7 heteroatoms. The molecule has 0 aliphatic carbocycles. The predicted molar refractivity (Wildman–Crippen MR) is 86.6 cm³/mol. The molecule has 1 amide bonds. The molecule has 1 aromatic carbocycles. The quantitative estimate of drug-likeness (QED) is 0.850. The zero-order valence-corrected chi connectivity index (χ0v) is 14.3. The minimum Gasteiger partial charge on any atom is -0.349 e. The van der Waals surface area contributed by atoms with E-state index in [0.29, 0.717) is 11.4 Å². The molecule has 0 bridgehead atoms. The van der Waals surface area contributed by atoms with Gasteiger partial charge < -0.3 is 5.32 Å². The summed E-state index contributed by atoms with van der Waals surface area (Å²) in [5, 5.41) is 3.13. The molecule has 0 radical (unpaired) electrons. The van der Waals surface area contributed by atoms with Crippen LogP contribution in [-0.2, 0) is 14.6 Å². The number of amides is 1. The molecule has 1 aromatic rings. The zero-order valence-electron chi connectivity index (χ0n) is 11.9. The first kappa shape index (κ1) is 16.6. The van der Waals surface area contributed by atoms with Crippen molar-refractivity contribution < 1.29 is 13.2 Å². The van der Waals surface area contributed by atoms with E-state index in [2.05, 4.69) is 5.32 Å². The van der Waals surface area contributed by atoms with E-state index < -0.39 is 15.4 Å². The highest BCUT2D eigenvalue weighted by Gasteiger charge is 2.40. The minimum absolute atomic E-state index is 0.00915. The third-order valence-corrected chi connectivity index (χ3v) is 6.96. The van der Waals surface area contributed by atoms with Crippen molar-refractivity contribution in [3.8, 4) is 0 Å². The number of benzene rings is 1. The van der Waals surface area contributed by atoms with Gasteiger partial charge in [0.1, 0.15) is 0 Å². The molecule has 2 atom stereocenters. The summed E-state index contributed by atoms with van der Waals surface area (Å²) in [5.41, 5.74) is -0.661. The predicted octanol–water partition coefficient (Wildman–Crippen LogP) is 2.51. The van der Waals surface area contributed by atoms with Gasteiger partial charge in [-0.05, 0) is 32.4 Å². The topological polar surface area (TPSA) is 63.2 Å². The van der Waals surface area contributed by atoms with Gasteiger partial charge >= 0.3 is 0 Å². The summed E-state index contributed by atoms with van der Waals surface area (Å²) >= 11 is 7.44. The highest BCUT2D eigenvalue weighted by atomic mass is 35.5. The average Bonchev–Trinajstić information content (AvgIpc) is 2.66. The highest BCUT2D eigenvalue weighted by Crippen LogP contribution is 2.31. The van der Waals surface area contributed by atoms with Crippen LogP contribution in [0.15, 0.2) is 29.2 Å². The van der Waals surface area contributed by atoms with E-state index in [4.69, 9.17) is 11.6 Å². The van der Waals surface area contributed by atoms with Crippen LogP contribution in [-0.4, -0.2) is 36.6 Å². The van der Waals surface area contributed by atoms with Gasteiger partial charge in [-0.15, -0.1) is 11.8 Å². The zero-order chi connectivity index (χ0) is 15.7. The number of hydrogen-bond acceptors (Lipinski definition) is 4. The summed E-state index contributed by atoms with van der Waals surface area (Å²) in [6.45, 7) is 3.57. The smallest absolute Gasteiger partial charge is 0.233 e. The SMILES string of the molecule is CC(Sc1ccccc1Cl)C(=O)NC1(C)CCS(=O)(=O)C1. The molecule has 1 aliphatic heterocycles. The van der Waals surface area contributed by atoms with Crippen molar-refractivity contribution in [3.05, 3.63) is 29.3 Å². The number of thioether (sulfide) groups is 1. The van der Waals surface area contributed by atoms with Crippen molar-refractivity contribution in [2.45, 2.75) is 36.0 Å². The number of carbonyl (C=O) groups is 1. The van der Waals surface area contributed by atoms with Crippen molar-refractivity contribution >= 4 is 39.1 Å². The van der Waals surface area contributed by atoms with Crippen LogP contribution in [0, 0.1) is 0 Å². The summed E-state index contributed by atoms with van der Waals surface area (Å²) in [5.74, 6) is -0.0232. The number of halogens is 1. The second-order valence-corrected chi connectivity index (χ2v) is 9.56. The number of hydrogen-bond donors (Lipinski definition) is 1. The molecule has 4 nitrogen and oxygen atoms in total. The maximum absolute atomic E-state index is 12.3. The third-order valence-electron chi connectivity index (χ3n) is 3.44. The van der Waals surface area contributed by atoms with E-state index in [1.165, 1.54) is 11.8 Å². The molecule has 1 saturated heterocycles. The fourth-order valence-electron chi connectivity index (χ4n) is 2.29. The molecule has 1 fully saturated rings. The van der Waals surface area contributed by atoms with E-state index >= 15 is 0 Å². The standard InChI is InChI=1S/C14H18ClNO3S2/c1-10(20-12-6-4-3-5-11(12)15)13(17)16-14(2)7-8-21(18,19)9-14/h3-6,10H,7-9H2,1-2H3,(H,16,17).